The van der Waals surface area contributed by atoms with E-state index in [0.717, 1.165) is 49.5 Å². The van der Waals surface area contributed by atoms with Crippen molar-refractivity contribution in [2.24, 2.45) is 4.99 Å². The summed E-state index contributed by atoms with van der Waals surface area (Å²) in [4.78, 5) is 11.1. The van der Waals surface area contributed by atoms with Gasteiger partial charge in [0.05, 0.1) is 5.56 Å². The number of benzene rings is 1. The van der Waals surface area contributed by atoms with Crippen molar-refractivity contribution in [1.82, 2.24) is 9.88 Å². The number of anilines is 1. The molecule has 0 radical (unpaired) electrons. The average Bonchev–Trinajstić information content (AvgIpc) is 3.27. The standard InChI is InChI=1S/C29H39F3N4S2/c1-3-26-23(15-13-19-33-26)14-10-8-6-4-5-7-9-11-18-34-28-36(21-22(2)38-28)27(37)35-25-17-12-16-24(20-25)29(30,31)32/h12-13,15-17,19-20,22H,3-11,14,18,21H2,1-2H3,(H,35,37)/b34-28+. The molecule has 1 saturated heterocycles. The molecule has 0 saturated carbocycles. The predicted molar refractivity (Wildman–Crippen MR) is 158 cm³/mol. The first-order valence-corrected chi connectivity index (χ1v) is 15.0. The first kappa shape index (κ1) is 30.4. The smallest absolute Gasteiger partial charge is 0.332 e. The summed E-state index contributed by atoms with van der Waals surface area (Å²) in [6.45, 7) is 5.70. The van der Waals surface area contributed by atoms with Crippen molar-refractivity contribution in [2.75, 3.05) is 18.4 Å². The van der Waals surface area contributed by atoms with Crippen LogP contribution in [0.4, 0.5) is 18.9 Å². The first-order valence-electron chi connectivity index (χ1n) is 13.7. The maximum Gasteiger partial charge on any atom is 0.416 e. The van der Waals surface area contributed by atoms with E-state index in [2.05, 4.69) is 30.2 Å². The maximum atomic E-state index is 13.0. The van der Waals surface area contributed by atoms with Crippen molar-refractivity contribution >= 4 is 39.9 Å². The van der Waals surface area contributed by atoms with Crippen LogP contribution >= 0.6 is 24.0 Å². The fraction of sp³-hybridized carbons (Fsp3) is 0.552. The lowest BCUT2D eigenvalue weighted by atomic mass is 10.0. The molecule has 0 amide bonds. The topological polar surface area (TPSA) is 40.5 Å². The number of pyridine rings is 1. The highest BCUT2D eigenvalue weighted by atomic mass is 32.2. The third-order valence-corrected chi connectivity index (χ3v) is 8.02. The third-order valence-electron chi connectivity index (χ3n) is 6.58. The van der Waals surface area contributed by atoms with Gasteiger partial charge in [0.25, 0.3) is 0 Å². The lowest BCUT2D eigenvalue weighted by Gasteiger charge is -2.20. The van der Waals surface area contributed by atoms with Gasteiger partial charge < -0.3 is 5.32 Å². The molecule has 1 aliphatic rings. The monoisotopic (exact) mass is 564 g/mol. The predicted octanol–water partition coefficient (Wildman–Crippen LogP) is 8.52. The van der Waals surface area contributed by atoms with Crippen LogP contribution in [0.1, 0.15) is 82.0 Å². The summed E-state index contributed by atoms with van der Waals surface area (Å²) in [6.07, 6.45) is 9.34. The molecule has 1 N–H and O–H groups in total. The van der Waals surface area contributed by atoms with E-state index in [1.807, 2.05) is 17.2 Å². The minimum atomic E-state index is -4.39. The van der Waals surface area contributed by atoms with Crippen molar-refractivity contribution in [3.05, 3.63) is 59.4 Å². The molecule has 9 heteroatoms. The summed E-state index contributed by atoms with van der Waals surface area (Å²) < 4.78 is 39.1. The van der Waals surface area contributed by atoms with Crippen molar-refractivity contribution in [1.29, 1.82) is 0 Å². The van der Waals surface area contributed by atoms with Gasteiger partial charge in [0.1, 0.15) is 0 Å². The molecular formula is C29H39F3N4S2. The SMILES string of the molecule is CCc1ncccc1CCCCCCCCCC/N=C1/SC(C)CN1C(=S)Nc1cccc(C(F)(F)F)c1. The number of hydrogen-bond acceptors (Lipinski definition) is 4. The second kappa shape index (κ2) is 15.5. The van der Waals surface area contributed by atoms with E-state index in [0.29, 0.717) is 22.6 Å². The number of halogens is 3. The van der Waals surface area contributed by atoms with Crippen LogP contribution in [0.15, 0.2) is 47.6 Å². The van der Waals surface area contributed by atoms with Gasteiger partial charge in [-0.1, -0.05) is 76.3 Å². The average molecular weight is 565 g/mol. The summed E-state index contributed by atoms with van der Waals surface area (Å²) >= 11 is 7.18. The van der Waals surface area contributed by atoms with E-state index in [9.17, 15) is 13.2 Å². The van der Waals surface area contributed by atoms with E-state index in [4.69, 9.17) is 17.2 Å². The zero-order valence-electron chi connectivity index (χ0n) is 22.4. The quantitative estimate of drug-likeness (QED) is 0.195. The lowest BCUT2D eigenvalue weighted by Crippen LogP contribution is -2.36. The van der Waals surface area contributed by atoms with E-state index in [1.165, 1.54) is 55.8 Å². The van der Waals surface area contributed by atoms with Crippen LogP contribution in [0.5, 0.6) is 0 Å². The van der Waals surface area contributed by atoms with Gasteiger partial charge in [-0.25, -0.2) is 0 Å². The Balaban J connectivity index is 1.31. The van der Waals surface area contributed by atoms with Crippen LogP contribution in [0, 0.1) is 0 Å². The van der Waals surface area contributed by atoms with Gasteiger partial charge in [-0.15, -0.1) is 0 Å². The Bertz CT molecular complexity index is 1060. The minimum Gasteiger partial charge on any atom is -0.332 e. The number of aromatic nitrogens is 1. The molecule has 2 aromatic rings. The molecule has 1 atom stereocenters. The van der Waals surface area contributed by atoms with Crippen LogP contribution in [0.3, 0.4) is 0 Å². The molecule has 38 heavy (non-hydrogen) atoms. The molecular weight excluding hydrogens is 525 g/mol. The normalized spacial score (nSPS) is 16.8. The second-order valence-corrected chi connectivity index (χ2v) is 11.5. The maximum absolute atomic E-state index is 13.0. The summed E-state index contributed by atoms with van der Waals surface area (Å²) in [5.41, 5.74) is 2.27. The molecule has 1 aromatic heterocycles. The largest absolute Gasteiger partial charge is 0.416 e. The van der Waals surface area contributed by atoms with Crippen LogP contribution < -0.4 is 5.32 Å². The molecule has 1 unspecified atom stereocenters. The van der Waals surface area contributed by atoms with Gasteiger partial charge in [0, 0.05) is 35.9 Å². The Morgan fingerprint density at radius 3 is 2.50 bits per heavy atom. The number of alkyl halides is 3. The van der Waals surface area contributed by atoms with Crippen molar-refractivity contribution in [2.45, 2.75) is 89.5 Å². The molecule has 3 rings (SSSR count). The molecule has 0 aliphatic carbocycles. The number of hydrogen-bond donors (Lipinski definition) is 1. The van der Waals surface area contributed by atoms with Gasteiger partial charge in [-0.05, 0) is 67.7 Å². The number of nitrogens with one attached hydrogen (secondary N) is 1. The Morgan fingerprint density at radius 1 is 1.08 bits per heavy atom. The van der Waals surface area contributed by atoms with Crippen molar-refractivity contribution < 1.29 is 13.2 Å². The van der Waals surface area contributed by atoms with Crippen molar-refractivity contribution in [3.8, 4) is 0 Å². The molecule has 208 valence electrons. The van der Waals surface area contributed by atoms with Gasteiger partial charge >= 0.3 is 6.18 Å². The number of aryl methyl sites for hydroxylation is 2. The Kier molecular flexibility index (Phi) is 12.4. The van der Waals surface area contributed by atoms with Crippen LogP contribution in [-0.4, -0.2) is 38.5 Å². The number of thioether (sulfide) groups is 1. The van der Waals surface area contributed by atoms with Gasteiger partial charge in [-0.2, -0.15) is 13.2 Å². The van der Waals surface area contributed by atoms with Gasteiger partial charge in [0.15, 0.2) is 10.3 Å². The number of nitrogens with zero attached hydrogens (tertiary/aromatic N) is 3. The molecule has 4 nitrogen and oxygen atoms in total. The summed E-state index contributed by atoms with van der Waals surface area (Å²) in [5.74, 6) is 0. The van der Waals surface area contributed by atoms with Crippen LogP contribution in [-0.2, 0) is 19.0 Å². The zero-order valence-corrected chi connectivity index (χ0v) is 24.0. The number of aliphatic imine (C=N–C) groups is 1. The highest BCUT2D eigenvalue weighted by Crippen LogP contribution is 2.31. The fourth-order valence-corrected chi connectivity index (χ4v) is 5.93. The summed E-state index contributed by atoms with van der Waals surface area (Å²) in [5, 5.41) is 4.51. The molecule has 1 fully saturated rings. The van der Waals surface area contributed by atoms with E-state index < -0.39 is 11.7 Å². The lowest BCUT2D eigenvalue weighted by molar-refractivity contribution is -0.137. The summed E-state index contributed by atoms with van der Waals surface area (Å²) in [7, 11) is 0. The highest BCUT2D eigenvalue weighted by Gasteiger charge is 2.31. The second-order valence-electron chi connectivity index (χ2n) is 9.75. The number of rotatable bonds is 13. The van der Waals surface area contributed by atoms with E-state index >= 15 is 0 Å². The number of unbranched alkanes of at least 4 members (excludes halogenated alkanes) is 7. The van der Waals surface area contributed by atoms with Gasteiger partial charge in [-0.3, -0.25) is 14.9 Å². The Morgan fingerprint density at radius 2 is 1.79 bits per heavy atom. The zero-order chi connectivity index (χ0) is 27.4. The van der Waals surface area contributed by atoms with E-state index in [1.54, 1.807) is 17.8 Å². The highest BCUT2D eigenvalue weighted by molar-refractivity contribution is 8.14. The van der Waals surface area contributed by atoms with Gasteiger partial charge in [0.2, 0.25) is 0 Å². The Labute approximate surface area is 234 Å². The molecule has 1 aliphatic heterocycles. The van der Waals surface area contributed by atoms with Crippen LogP contribution in [0.2, 0.25) is 0 Å². The van der Waals surface area contributed by atoms with Crippen LogP contribution in [0.25, 0.3) is 0 Å². The third kappa shape index (κ3) is 9.88. The minimum absolute atomic E-state index is 0.321. The van der Waals surface area contributed by atoms with Crippen molar-refractivity contribution in [3.63, 3.8) is 0 Å². The first-order chi connectivity index (χ1) is 18.3. The Hall–Kier alpha value is -2.13. The summed E-state index contributed by atoms with van der Waals surface area (Å²) in [6, 6.07) is 9.36. The molecule has 1 aromatic carbocycles. The molecule has 0 bridgehead atoms. The number of thiocarbonyl (C=S) groups is 1. The number of amidine groups is 1. The molecule has 2 heterocycles. The molecule has 0 spiro atoms. The van der Waals surface area contributed by atoms with E-state index in [-0.39, 0.29) is 0 Å². The fourth-order valence-electron chi connectivity index (χ4n) is 4.55.